The Balaban J connectivity index is 2.01. The summed E-state index contributed by atoms with van der Waals surface area (Å²) in [5.74, 6) is 0.358. The molecule has 2 rings (SSSR count). The first-order chi connectivity index (χ1) is 13.0. The van der Waals surface area contributed by atoms with Gasteiger partial charge in [-0.2, -0.15) is 4.72 Å². The number of nitrogens with zero attached hydrogens (tertiary/aromatic N) is 1. The largest absolute Gasteiger partial charge is 0.360 e. The molecule has 1 amide bonds. The van der Waals surface area contributed by atoms with Crippen LogP contribution in [0.3, 0.4) is 0 Å². The molecule has 8 heteroatoms. The number of nitrogens with one attached hydrogen (secondary N) is 2. The predicted octanol–water partition coefficient (Wildman–Crippen LogP) is 3.03. The molecule has 0 saturated carbocycles. The van der Waals surface area contributed by atoms with Crippen molar-refractivity contribution in [2.45, 2.75) is 64.9 Å². The second kappa shape index (κ2) is 8.87. The van der Waals surface area contributed by atoms with Gasteiger partial charge in [-0.3, -0.25) is 4.79 Å². The van der Waals surface area contributed by atoms with E-state index in [2.05, 4.69) is 41.2 Å². The van der Waals surface area contributed by atoms with Gasteiger partial charge in [0.25, 0.3) is 0 Å². The zero-order valence-electron chi connectivity index (χ0n) is 17.2. The fraction of sp³-hybridized carbons (Fsp3) is 0.500. The van der Waals surface area contributed by atoms with Gasteiger partial charge in [0.2, 0.25) is 15.9 Å². The Hall–Kier alpha value is -2.19. The van der Waals surface area contributed by atoms with Crippen molar-refractivity contribution in [2.24, 2.45) is 5.92 Å². The number of aryl methyl sites for hydroxylation is 2. The maximum absolute atomic E-state index is 12.5. The first kappa shape index (κ1) is 22.1. The second-order valence-corrected chi connectivity index (χ2v) is 9.22. The van der Waals surface area contributed by atoms with Crippen LogP contribution in [0.4, 0.5) is 0 Å². The Morgan fingerprint density at radius 2 is 1.71 bits per heavy atom. The summed E-state index contributed by atoms with van der Waals surface area (Å²) in [5.41, 5.74) is 2.46. The molecule has 0 aliphatic heterocycles. The van der Waals surface area contributed by atoms with Gasteiger partial charge in [-0.25, -0.2) is 8.42 Å². The lowest BCUT2D eigenvalue weighted by Gasteiger charge is -2.19. The average molecular weight is 408 g/mol. The summed E-state index contributed by atoms with van der Waals surface area (Å²) in [7, 11) is -3.91. The van der Waals surface area contributed by atoms with Crippen molar-refractivity contribution in [3.63, 3.8) is 0 Å². The van der Waals surface area contributed by atoms with Crippen LogP contribution in [0.15, 0.2) is 33.7 Å². The van der Waals surface area contributed by atoms with Gasteiger partial charge in [0.1, 0.15) is 10.6 Å². The highest BCUT2D eigenvalue weighted by Gasteiger charge is 2.28. The fourth-order valence-corrected chi connectivity index (χ4v) is 4.57. The molecular weight excluding hydrogens is 378 g/mol. The van der Waals surface area contributed by atoms with Crippen LogP contribution in [0.5, 0.6) is 0 Å². The molecule has 2 atom stereocenters. The van der Waals surface area contributed by atoms with Gasteiger partial charge < -0.3 is 9.84 Å². The van der Waals surface area contributed by atoms with Crippen LogP contribution >= 0.6 is 0 Å². The Morgan fingerprint density at radius 3 is 2.21 bits per heavy atom. The van der Waals surface area contributed by atoms with Gasteiger partial charge >= 0.3 is 0 Å². The lowest BCUT2D eigenvalue weighted by Crippen LogP contribution is -2.45. The molecule has 0 unspecified atom stereocenters. The average Bonchev–Trinajstić information content (AvgIpc) is 2.93. The Morgan fingerprint density at radius 1 is 1.11 bits per heavy atom. The minimum Gasteiger partial charge on any atom is -0.360 e. The van der Waals surface area contributed by atoms with E-state index in [1.165, 1.54) is 19.4 Å². The van der Waals surface area contributed by atoms with Crippen LogP contribution in [-0.2, 0) is 21.2 Å². The highest BCUT2D eigenvalue weighted by molar-refractivity contribution is 7.89. The van der Waals surface area contributed by atoms with Gasteiger partial charge in [0, 0.05) is 0 Å². The SMILES string of the molecule is Cc1noc(C)c1S(=O)(=O)N[C@@H](C)C(=O)N[C@@H](C)c1ccc(CC(C)C)cc1. The van der Waals surface area contributed by atoms with E-state index < -0.39 is 22.0 Å². The number of aromatic nitrogens is 1. The van der Waals surface area contributed by atoms with E-state index >= 15 is 0 Å². The molecule has 154 valence electrons. The van der Waals surface area contributed by atoms with Crippen LogP contribution in [0.1, 0.15) is 56.3 Å². The van der Waals surface area contributed by atoms with E-state index in [1.54, 1.807) is 6.92 Å². The summed E-state index contributed by atoms with van der Waals surface area (Å²) >= 11 is 0. The first-order valence-corrected chi connectivity index (χ1v) is 10.8. The predicted molar refractivity (Wildman–Crippen MR) is 107 cm³/mol. The molecule has 0 fully saturated rings. The maximum atomic E-state index is 12.5. The fourth-order valence-electron chi connectivity index (χ4n) is 3.04. The van der Waals surface area contributed by atoms with Gasteiger partial charge in [-0.1, -0.05) is 43.3 Å². The zero-order chi connectivity index (χ0) is 21.1. The molecule has 7 nitrogen and oxygen atoms in total. The topological polar surface area (TPSA) is 101 Å². The van der Waals surface area contributed by atoms with Gasteiger partial charge in [-0.05, 0) is 51.2 Å². The Kier molecular flexibility index (Phi) is 7.01. The Bertz CT molecular complexity index is 898. The third kappa shape index (κ3) is 5.42. The smallest absolute Gasteiger partial charge is 0.246 e. The monoisotopic (exact) mass is 407 g/mol. The quantitative estimate of drug-likeness (QED) is 0.700. The third-order valence-electron chi connectivity index (χ3n) is 4.44. The number of hydrogen-bond acceptors (Lipinski definition) is 5. The number of sulfonamides is 1. The number of rotatable bonds is 8. The van der Waals surface area contributed by atoms with Gasteiger partial charge in [-0.15, -0.1) is 0 Å². The zero-order valence-corrected chi connectivity index (χ0v) is 18.1. The van der Waals surface area contributed by atoms with Crippen LogP contribution in [0.25, 0.3) is 0 Å². The molecule has 0 saturated heterocycles. The van der Waals surface area contributed by atoms with Crippen molar-refractivity contribution in [3.05, 3.63) is 46.8 Å². The number of amides is 1. The second-order valence-electron chi connectivity index (χ2n) is 7.57. The third-order valence-corrected chi connectivity index (χ3v) is 6.23. The van der Waals surface area contributed by atoms with Crippen LogP contribution < -0.4 is 10.0 Å². The number of benzene rings is 1. The van der Waals surface area contributed by atoms with E-state index in [9.17, 15) is 13.2 Å². The number of hydrogen-bond donors (Lipinski definition) is 2. The molecular formula is C20H29N3O4S. The normalized spacial score (nSPS) is 14.1. The molecule has 0 radical (unpaired) electrons. The highest BCUT2D eigenvalue weighted by Crippen LogP contribution is 2.19. The Labute approximate surface area is 166 Å². The molecule has 1 aromatic carbocycles. The molecule has 2 aromatic rings. The van der Waals surface area contributed by atoms with Crippen LogP contribution in [0, 0.1) is 19.8 Å². The summed E-state index contributed by atoms with van der Waals surface area (Å²) in [6.07, 6.45) is 1.00. The van der Waals surface area contributed by atoms with E-state index in [1.807, 2.05) is 19.1 Å². The van der Waals surface area contributed by atoms with Gasteiger partial charge in [0.05, 0.1) is 12.1 Å². The van der Waals surface area contributed by atoms with Crippen molar-refractivity contribution >= 4 is 15.9 Å². The van der Waals surface area contributed by atoms with Crippen molar-refractivity contribution in [2.75, 3.05) is 0 Å². The number of carbonyl (C=O) groups is 1. The van der Waals surface area contributed by atoms with E-state index in [0.29, 0.717) is 5.92 Å². The summed E-state index contributed by atoms with van der Waals surface area (Å²) in [6.45, 7) is 10.8. The van der Waals surface area contributed by atoms with Gasteiger partial charge in [0.15, 0.2) is 5.76 Å². The molecule has 0 aliphatic rings. The van der Waals surface area contributed by atoms with Crippen LogP contribution in [0.2, 0.25) is 0 Å². The van der Waals surface area contributed by atoms with Crippen molar-refractivity contribution in [1.29, 1.82) is 0 Å². The van der Waals surface area contributed by atoms with Crippen molar-refractivity contribution in [1.82, 2.24) is 15.2 Å². The molecule has 2 N–H and O–H groups in total. The summed E-state index contributed by atoms with van der Waals surface area (Å²) < 4.78 is 32.4. The van der Waals surface area contributed by atoms with Crippen molar-refractivity contribution in [3.8, 4) is 0 Å². The minimum absolute atomic E-state index is 0.0269. The van der Waals surface area contributed by atoms with Crippen molar-refractivity contribution < 1.29 is 17.7 Å². The molecule has 1 aromatic heterocycles. The summed E-state index contributed by atoms with van der Waals surface area (Å²) in [4.78, 5) is 12.5. The maximum Gasteiger partial charge on any atom is 0.246 e. The lowest BCUT2D eigenvalue weighted by atomic mass is 10.00. The summed E-state index contributed by atoms with van der Waals surface area (Å²) in [6, 6.07) is 6.90. The standard InChI is InChI=1S/C20H29N3O4S/c1-12(2)11-17-7-9-18(10-8-17)13(3)21-20(24)15(5)23-28(25,26)19-14(4)22-27-16(19)6/h7-10,12-13,15,23H,11H2,1-6H3,(H,21,24)/t13-,15-/m0/s1. The summed E-state index contributed by atoms with van der Waals surface area (Å²) in [5, 5.41) is 6.50. The molecule has 1 heterocycles. The molecule has 28 heavy (non-hydrogen) atoms. The van der Waals surface area contributed by atoms with Crippen LogP contribution in [-0.4, -0.2) is 25.5 Å². The molecule has 0 aliphatic carbocycles. The van der Waals surface area contributed by atoms with E-state index in [-0.39, 0.29) is 22.4 Å². The molecule has 0 spiro atoms. The van der Waals surface area contributed by atoms with E-state index in [4.69, 9.17) is 4.52 Å². The molecule has 0 bridgehead atoms. The minimum atomic E-state index is -3.91. The lowest BCUT2D eigenvalue weighted by molar-refractivity contribution is -0.123. The highest BCUT2D eigenvalue weighted by atomic mass is 32.2. The number of carbonyl (C=O) groups excluding carboxylic acids is 1. The van der Waals surface area contributed by atoms with E-state index in [0.717, 1.165) is 12.0 Å². The first-order valence-electron chi connectivity index (χ1n) is 9.35.